The summed E-state index contributed by atoms with van der Waals surface area (Å²) in [6.45, 7) is 3.30. The first-order valence-electron chi connectivity index (χ1n) is 4.68. The van der Waals surface area contributed by atoms with Crippen LogP contribution in [0.4, 0.5) is 0 Å². The number of methoxy groups -OCH3 is 1. The Bertz CT molecular complexity index is 301. The number of hydrogen-bond donors (Lipinski definition) is 1. The largest absolute Gasteiger partial charge is 0.481 e. The molecule has 1 saturated heterocycles. The summed E-state index contributed by atoms with van der Waals surface area (Å²) in [4.78, 5) is 4.19. The Morgan fingerprint density at radius 2 is 2.43 bits per heavy atom. The van der Waals surface area contributed by atoms with Crippen LogP contribution in [-0.2, 0) is 0 Å². The highest BCUT2D eigenvalue weighted by molar-refractivity contribution is 8.00. The fraction of sp³-hybridized carbons (Fsp3) is 0.500. The summed E-state index contributed by atoms with van der Waals surface area (Å²) < 4.78 is 5.01. The highest BCUT2D eigenvalue weighted by Gasteiger charge is 2.22. The number of hydrogen-bond acceptors (Lipinski definition) is 4. The van der Waals surface area contributed by atoms with Crippen LogP contribution >= 0.6 is 11.8 Å². The van der Waals surface area contributed by atoms with Crippen LogP contribution in [0.3, 0.4) is 0 Å². The molecule has 0 saturated carbocycles. The van der Waals surface area contributed by atoms with Crippen LogP contribution in [0, 0.1) is 0 Å². The molecule has 1 fully saturated rings. The summed E-state index contributed by atoms with van der Waals surface area (Å²) in [7, 11) is 1.63. The van der Waals surface area contributed by atoms with Gasteiger partial charge in [0.1, 0.15) is 0 Å². The Labute approximate surface area is 88.3 Å². The number of nitrogens with zero attached hydrogens (tertiary/aromatic N) is 1. The van der Waals surface area contributed by atoms with Gasteiger partial charge in [0, 0.05) is 24.1 Å². The van der Waals surface area contributed by atoms with E-state index in [0.29, 0.717) is 16.5 Å². The van der Waals surface area contributed by atoms with Crippen molar-refractivity contribution in [3.8, 4) is 5.88 Å². The van der Waals surface area contributed by atoms with Gasteiger partial charge in [0.15, 0.2) is 0 Å². The van der Waals surface area contributed by atoms with Gasteiger partial charge in [0.25, 0.3) is 0 Å². The number of aromatic nitrogens is 1. The van der Waals surface area contributed by atoms with Crippen molar-refractivity contribution in [2.24, 2.45) is 0 Å². The number of ether oxygens (including phenoxy) is 1. The topological polar surface area (TPSA) is 34.1 Å². The van der Waals surface area contributed by atoms with Crippen molar-refractivity contribution in [1.82, 2.24) is 10.3 Å². The minimum Gasteiger partial charge on any atom is -0.481 e. The van der Waals surface area contributed by atoms with Gasteiger partial charge >= 0.3 is 0 Å². The molecule has 1 aromatic heterocycles. The molecule has 4 heteroatoms. The zero-order chi connectivity index (χ0) is 9.97. The van der Waals surface area contributed by atoms with Gasteiger partial charge in [-0.2, -0.15) is 0 Å². The van der Waals surface area contributed by atoms with E-state index in [4.69, 9.17) is 4.74 Å². The molecule has 2 heterocycles. The number of thioether (sulfide) groups is 1. The molecule has 0 spiro atoms. The van der Waals surface area contributed by atoms with Crippen LogP contribution in [-0.4, -0.2) is 23.9 Å². The number of rotatable bonds is 2. The third kappa shape index (κ3) is 2.01. The third-order valence-corrected chi connectivity index (χ3v) is 3.57. The van der Waals surface area contributed by atoms with Crippen LogP contribution < -0.4 is 10.1 Å². The summed E-state index contributed by atoms with van der Waals surface area (Å²) in [5, 5.41) is 4.52. The minimum absolute atomic E-state index is 0.392. The zero-order valence-electron chi connectivity index (χ0n) is 8.36. The molecule has 0 aliphatic carbocycles. The first-order valence-corrected chi connectivity index (χ1v) is 5.62. The van der Waals surface area contributed by atoms with E-state index in [1.807, 2.05) is 24.0 Å². The lowest BCUT2D eigenvalue weighted by Gasteiger charge is -2.09. The number of nitrogens with one attached hydrogen (secondary N) is 1. The van der Waals surface area contributed by atoms with Gasteiger partial charge in [-0.15, -0.1) is 11.8 Å². The average molecular weight is 210 g/mol. The van der Waals surface area contributed by atoms with E-state index in [-0.39, 0.29) is 0 Å². The van der Waals surface area contributed by atoms with Crippen molar-refractivity contribution in [1.29, 1.82) is 0 Å². The van der Waals surface area contributed by atoms with E-state index in [0.717, 1.165) is 6.54 Å². The second-order valence-electron chi connectivity index (χ2n) is 3.37. The molecule has 2 atom stereocenters. The van der Waals surface area contributed by atoms with Crippen molar-refractivity contribution >= 4 is 11.8 Å². The summed E-state index contributed by atoms with van der Waals surface area (Å²) in [5.41, 5.74) is 1.22. The van der Waals surface area contributed by atoms with Gasteiger partial charge in [-0.1, -0.05) is 6.92 Å². The molecule has 2 rings (SSSR count). The molecule has 1 aromatic rings. The van der Waals surface area contributed by atoms with Gasteiger partial charge in [-0.05, 0) is 11.6 Å². The predicted octanol–water partition coefficient (Wildman–Crippen LogP) is 1.81. The fourth-order valence-corrected chi connectivity index (χ4v) is 2.61. The van der Waals surface area contributed by atoms with Crippen LogP contribution in [0.25, 0.3) is 0 Å². The monoisotopic (exact) mass is 210 g/mol. The molecule has 76 valence electrons. The molecule has 0 radical (unpaired) electrons. The van der Waals surface area contributed by atoms with Gasteiger partial charge in [0.05, 0.1) is 12.5 Å². The van der Waals surface area contributed by atoms with Crippen molar-refractivity contribution in [3.63, 3.8) is 0 Å². The Balaban J connectivity index is 2.09. The highest BCUT2D eigenvalue weighted by atomic mass is 32.2. The van der Waals surface area contributed by atoms with E-state index >= 15 is 0 Å². The maximum Gasteiger partial charge on any atom is 0.212 e. The minimum atomic E-state index is 0.392. The molecule has 1 aliphatic heterocycles. The Hall–Kier alpha value is -0.740. The van der Waals surface area contributed by atoms with Crippen LogP contribution in [0.1, 0.15) is 17.9 Å². The maximum atomic E-state index is 5.01. The maximum absolute atomic E-state index is 5.01. The number of pyridine rings is 1. The molecule has 14 heavy (non-hydrogen) atoms. The van der Waals surface area contributed by atoms with Crippen molar-refractivity contribution in [3.05, 3.63) is 23.9 Å². The molecular formula is C10H14N2OS. The Kier molecular flexibility index (Phi) is 2.93. The predicted molar refractivity (Wildman–Crippen MR) is 58.6 cm³/mol. The molecular weight excluding hydrogens is 196 g/mol. The fourth-order valence-electron chi connectivity index (χ4n) is 1.47. The van der Waals surface area contributed by atoms with Crippen LogP contribution in [0.2, 0.25) is 0 Å². The zero-order valence-corrected chi connectivity index (χ0v) is 9.17. The Morgan fingerprint density at radius 1 is 1.57 bits per heavy atom. The van der Waals surface area contributed by atoms with Crippen molar-refractivity contribution < 1.29 is 4.74 Å². The normalized spacial score (nSPS) is 26.4. The summed E-state index contributed by atoms with van der Waals surface area (Å²) in [6.07, 6.45) is 1.88. The van der Waals surface area contributed by atoms with Gasteiger partial charge in [0.2, 0.25) is 5.88 Å². The quantitative estimate of drug-likeness (QED) is 0.807. The van der Waals surface area contributed by atoms with Gasteiger partial charge in [-0.3, -0.25) is 0 Å². The summed E-state index contributed by atoms with van der Waals surface area (Å²) in [5.74, 6) is 0.671. The molecule has 0 aromatic carbocycles. The third-order valence-electron chi connectivity index (χ3n) is 2.23. The lowest BCUT2D eigenvalue weighted by atomic mass is 10.3. The van der Waals surface area contributed by atoms with Gasteiger partial charge < -0.3 is 10.1 Å². The van der Waals surface area contributed by atoms with Crippen molar-refractivity contribution in [2.45, 2.75) is 17.5 Å². The SMILES string of the molecule is COc1ccc(C2NCC(C)S2)cn1. The molecule has 0 amide bonds. The lowest BCUT2D eigenvalue weighted by Crippen LogP contribution is -2.13. The molecule has 0 bridgehead atoms. The van der Waals surface area contributed by atoms with Crippen LogP contribution in [0.15, 0.2) is 18.3 Å². The Morgan fingerprint density at radius 3 is 2.93 bits per heavy atom. The van der Waals surface area contributed by atoms with E-state index < -0.39 is 0 Å². The highest BCUT2D eigenvalue weighted by Crippen LogP contribution is 2.34. The summed E-state index contributed by atoms with van der Waals surface area (Å²) in [6, 6.07) is 3.97. The van der Waals surface area contributed by atoms with Crippen LogP contribution in [0.5, 0.6) is 5.88 Å². The molecule has 2 unspecified atom stereocenters. The second kappa shape index (κ2) is 4.19. The van der Waals surface area contributed by atoms with E-state index in [1.165, 1.54) is 5.56 Å². The van der Waals surface area contributed by atoms with E-state index in [2.05, 4.69) is 23.3 Å². The smallest absolute Gasteiger partial charge is 0.212 e. The average Bonchev–Trinajstić information content (AvgIpc) is 2.65. The lowest BCUT2D eigenvalue weighted by molar-refractivity contribution is 0.397. The van der Waals surface area contributed by atoms with E-state index in [9.17, 15) is 0 Å². The first-order chi connectivity index (χ1) is 6.79. The first kappa shape index (κ1) is 9.80. The second-order valence-corrected chi connectivity index (χ2v) is 4.92. The standard InChI is InChI=1S/C10H14N2OS/c1-7-5-12-10(14-7)8-3-4-9(13-2)11-6-8/h3-4,6-7,10,12H,5H2,1-2H3. The molecule has 1 N–H and O–H groups in total. The van der Waals surface area contributed by atoms with Crippen molar-refractivity contribution in [2.75, 3.05) is 13.7 Å². The molecule has 1 aliphatic rings. The van der Waals surface area contributed by atoms with Gasteiger partial charge in [-0.25, -0.2) is 4.98 Å². The molecule has 3 nitrogen and oxygen atoms in total. The van der Waals surface area contributed by atoms with E-state index in [1.54, 1.807) is 7.11 Å². The summed E-state index contributed by atoms with van der Waals surface area (Å²) >= 11 is 1.94.